The fourth-order valence-electron chi connectivity index (χ4n) is 1.13. The Kier molecular flexibility index (Phi) is 2.66. The standard InChI is InChI=1S/C11H11N/c1-4-11-9(2)6-5-7-10(11)8-12-3/h1,5-8H,2-3H3. The number of benzene rings is 1. The molecule has 1 nitrogen and oxygen atoms in total. The Labute approximate surface area is 73.2 Å². The van der Waals surface area contributed by atoms with E-state index in [-0.39, 0.29) is 0 Å². The van der Waals surface area contributed by atoms with Crippen LogP contribution in [0.1, 0.15) is 16.7 Å². The molecule has 1 heteroatoms. The molecule has 1 aromatic rings. The van der Waals surface area contributed by atoms with Gasteiger partial charge in [0.15, 0.2) is 0 Å². The molecule has 0 aromatic heterocycles. The SMILES string of the molecule is C#Cc1c(C)cccc1C=NC. The molecule has 0 radical (unpaired) electrons. The van der Waals surface area contributed by atoms with Crippen molar-refractivity contribution in [2.24, 2.45) is 4.99 Å². The average Bonchev–Trinajstić information content (AvgIpc) is 2.05. The van der Waals surface area contributed by atoms with Gasteiger partial charge in [0.1, 0.15) is 0 Å². The van der Waals surface area contributed by atoms with E-state index in [1.165, 1.54) is 0 Å². The Bertz CT molecular complexity index is 343. The Morgan fingerprint density at radius 1 is 1.50 bits per heavy atom. The molecule has 0 bridgehead atoms. The van der Waals surface area contributed by atoms with Crippen LogP contribution in [0, 0.1) is 19.3 Å². The zero-order valence-corrected chi connectivity index (χ0v) is 7.33. The van der Waals surface area contributed by atoms with Crippen LogP contribution < -0.4 is 0 Å². The van der Waals surface area contributed by atoms with E-state index >= 15 is 0 Å². The summed E-state index contributed by atoms with van der Waals surface area (Å²) < 4.78 is 0. The molecular formula is C11H11N. The highest BCUT2D eigenvalue weighted by atomic mass is 14.6. The Hall–Kier alpha value is -1.55. The summed E-state index contributed by atoms with van der Waals surface area (Å²) in [6.07, 6.45) is 7.15. The Morgan fingerprint density at radius 2 is 2.25 bits per heavy atom. The summed E-state index contributed by atoms with van der Waals surface area (Å²) in [4.78, 5) is 3.94. The van der Waals surface area contributed by atoms with E-state index < -0.39 is 0 Å². The van der Waals surface area contributed by atoms with Crippen LogP contribution in [0.25, 0.3) is 0 Å². The minimum atomic E-state index is 0.933. The smallest absolute Gasteiger partial charge is 0.0359 e. The molecule has 0 atom stereocenters. The minimum Gasteiger partial charge on any atom is -0.296 e. The molecule has 0 aliphatic heterocycles. The largest absolute Gasteiger partial charge is 0.296 e. The summed E-state index contributed by atoms with van der Waals surface area (Å²) in [6.45, 7) is 2.00. The van der Waals surface area contributed by atoms with E-state index in [2.05, 4.69) is 10.9 Å². The number of nitrogens with zero attached hydrogens (tertiary/aromatic N) is 1. The molecular weight excluding hydrogens is 146 g/mol. The van der Waals surface area contributed by atoms with Crippen molar-refractivity contribution in [2.75, 3.05) is 7.05 Å². The molecule has 0 saturated carbocycles. The highest BCUT2D eigenvalue weighted by Crippen LogP contribution is 2.10. The van der Waals surface area contributed by atoms with Gasteiger partial charge in [-0.05, 0) is 12.5 Å². The average molecular weight is 157 g/mol. The van der Waals surface area contributed by atoms with Crippen molar-refractivity contribution in [3.63, 3.8) is 0 Å². The second kappa shape index (κ2) is 3.73. The second-order valence-corrected chi connectivity index (χ2v) is 2.57. The molecule has 1 rings (SSSR count). The van der Waals surface area contributed by atoms with Crippen LogP contribution in [0.5, 0.6) is 0 Å². The number of terminal acetylenes is 1. The van der Waals surface area contributed by atoms with Crippen molar-refractivity contribution < 1.29 is 0 Å². The summed E-state index contributed by atoms with van der Waals surface area (Å²) >= 11 is 0. The van der Waals surface area contributed by atoms with Gasteiger partial charge in [-0.1, -0.05) is 24.1 Å². The van der Waals surface area contributed by atoms with E-state index in [0.717, 1.165) is 16.7 Å². The van der Waals surface area contributed by atoms with Gasteiger partial charge in [0.2, 0.25) is 0 Å². The van der Waals surface area contributed by atoms with Gasteiger partial charge in [0.05, 0.1) is 0 Å². The van der Waals surface area contributed by atoms with Crippen molar-refractivity contribution >= 4 is 6.21 Å². The molecule has 0 amide bonds. The van der Waals surface area contributed by atoms with Crippen molar-refractivity contribution in [1.82, 2.24) is 0 Å². The van der Waals surface area contributed by atoms with Crippen LogP contribution in [0.2, 0.25) is 0 Å². The van der Waals surface area contributed by atoms with Crippen molar-refractivity contribution in [3.8, 4) is 12.3 Å². The van der Waals surface area contributed by atoms with Crippen LogP contribution in [-0.2, 0) is 0 Å². The summed E-state index contributed by atoms with van der Waals surface area (Å²) in [5.41, 5.74) is 3.07. The van der Waals surface area contributed by atoms with E-state index in [1.807, 2.05) is 25.1 Å². The first-order valence-corrected chi connectivity index (χ1v) is 3.78. The first-order chi connectivity index (χ1) is 5.79. The van der Waals surface area contributed by atoms with Gasteiger partial charge in [-0.2, -0.15) is 0 Å². The number of aryl methyl sites for hydroxylation is 1. The number of aliphatic imine (C=N–C) groups is 1. The van der Waals surface area contributed by atoms with Crippen molar-refractivity contribution in [3.05, 3.63) is 34.9 Å². The molecule has 0 aliphatic carbocycles. The fourth-order valence-corrected chi connectivity index (χ4v) is 1.13. The predicted molar refractivity (Wildman–Crippen MR) is 52.6 cm³/mol. The van der Waals surface area contributed by atoms with Crippen LogP contribution in [-0.4, -0.2) is 13.3 Å². The van der Waals surface area contributed by atoms with Gasteiger partial charge in [-0.15, -0.1) is 6.42 Å². The predicted octanol–water partition coefficient (Wildman–Crippen LogP) is 2.03. The van der Waals surface area contributed by atoms with E-state index in [9.17, 15) is 0 Å². The summed E-state index contributed by atoms with van der Waals surface area (Å²) in [5, 5.41) is 0. The van der Waals surface area contributed by atoms with Crippen LogP contribution in [0.3, 0.4) is 0 Å². The molecule has 0 saturated heterocycles. The molecule has 0 fully saturated rings. The maximum absolute atomic E-state index is 5.37. The van der Waals surface area contributed by atoms with Gasteiger partial charge < -0.3 is 0 Å². The van der Waals surface area contributed by atoms with Gasteiger partial charge >= 0.3 is 0 Å². The Balaban J connectivity index is 3.30. The monoisotopic (exact) mass is 157 g/mol. The molecule has 0 spiro atoms. The van der Waals surface area contributed by atoms with Crippen LogP contribution >= 0.6 is 0 Å². The highest BCUT2D eigenvalue weighted by molar-refractivity contribution is 5.84. The third-order valence-corrected chi connectivity index (χ3v) is 1.72. The minimum absolute atomic E-state index is 0.933. The molecule has 0 heterocycles. The first-order valence-electron chi connectivity index (χ1n) is 3.78. The normalized spacial score (nSPS) is 10.1. The van der Waals surface area contributed by atoms with Crippen LogP contribution in [0.15, 0.2) is 23.2 Å². The molecule has 1 aromatic carbocycles. The lowest BCUT2D eigenvalue weighted by Gasteiger charge is -2.01. The number of rotatable bonds is 1. The van der Waals surface area contributed by atoms with Crippen LogP contribution in [0.4, 0.5) is 0 Å². The molecule has 60 valence electrons. The maximum Gasteiger partial charge on any atom is 0.0359 e. The zero-order valence-electron chi connectivity index (χ0n) is 7.33. The van der Waals surface area contributed by atoms with Gasteiger partial charge in [-0.3, -0.25) is 4.99 Å². The summed E-state index contributed by atoms with van der Waals surface area (Å²) in [6, 6.07) is 5.95. The number of hydrogen-bond acceptors (Lipinski definition) is 1. The highest BCUT2D eigenvalue weighted by Gasteiger charge is 1.98. The molecule has 0 unspecified atom stereocenters. The lowest BCUT2D eigenvalue weighted by atomic mass is 10.0. The Morgan fingerprint density at radius 3 is 2.83 bits per heavy atom. The van der Waals surface area contributed by atoms with Crippen molar-refractivity contribution in [2.45, 2.75) is 6.92 Å². The topological polar surface area (TPSA) is 12.4 Å². The quantitative estimate of drug-likeness (QED) is 0.437. The van der Waals surface area contributed by atoms with Gasteiger partial charge in [0.25, 0.3) is 0 Å². The third kappa shape index (κ3) is 1.54. The summed E-state index contributed by atoms with van der Waals surface area (Å²) in [7, 11) is 1.74. The maximum atomic E-state index is 5.37. The van der Waals surface area contributed by atoms with Crippen molar-refractivity contribution in [1.29, 1.82) is 0 Å². The second-order valence-electron chi connectivity index (χ2n) is 2.57. The fraction of sp³-hybridized carbons (Fsp3) is 0.182. The van der Waals surface area contributed by atoms with E-state index in [0.29, 0.717) is 0 Å². The summed E-state index contributed by atoms with van der Waals surface area (Å²) in [5.74, 6) is 2.66. The lowest BCUT2D eigenvalue weighted by molar-refractivity contribution is 1.40. The third-order valence-electron chi connectivity index (χ3n) is 1.72. The molecule has 0 N–H and O–H groups in total. The van der Waals surface area contributed by atoms with Gasteiger partial charge in [0, 0.05) is 24.4 Å². The van der Waals surface area contributed by atoms with E-state index in [1.54, 1.807) is 13.3 Å². The van der Waals surface area contributed by atoms with E-state index in [4.69, 9.17) is 6.42 Å². The first kappa shape index (κ1) is 8.55. The van der Waals surface area contributed by atoms with Gasteiger partial charge in [-0.25, -0.2) is 0 Å². The molecule has 12 heavy (non-hydrogen) atoms. The zero-order chi connectivity index (χ0) is 8.97. The number of hydrogen-bond donors (Lipinski definition) is 0. The molecule has 0 aliphatic rings. The lowest BCUT2D eigenvalue weighted by Crippen LogP contribution is -1.90.